The summed E-state index contributed by atoms with van der Waals surface area (Å²) >= 11 is 0. The van der Waals surface area contributed by atoms with Crippen molar-refractivity contribution in [1.29, 1.82) is 0 Å². The molecule has 0 radical (unpaired) electrons. The number of halogens is 3. The zero-order chi connectivity index (χ0) is 19.3. The number of nitrogens with one attached hydrogen (secondary N) is 1. The number of hydrogen-bond acceptors (Lipinski definition) is 6. The second kappa shape index (κ2) is 7.72. The molecule has 1 amide bonds. The van der Waals surface area contributed by atoms with Gasteiger partial charge in [0.1, 0.15) is 6.54 Å². The summed E-state index contributed by atoms with van der Waals surface area (Å²) in [6.07, 6.45) is 0.107. The van der Waals surface area contributed by atoms with E-state index in [0.29, 0.717) is 5.56 Å². The molecule has 0 bridgehead atoms. The minimum atomic E-state index is -4.47. The third-order valence-electron chi connectivity index (χ3n) is 3.27. The molecule has 1 N–H and O–H groups in total. The number of aromatic nitrogens is 5. The van der Waals surface area contributed by atoms with Crippen LogP contribution < -0.4 is 5.43 Å². The monoisotopic (exact) mass is 375 g/mol. The Morgan fingerprint density at radius 1 is 1.26 bits per heavy atom. The van der Waals surface area contributed by atoms with Gasteiger partial charge in [-0.15, -0.1) is 10.2 Å². The van der Waals surface area contributed by atoms with E-state index in [1.165, 1.54) is 18.3 Å². The van der Waals surface area contributed by atoms with E-state index in [0.717, 1.165) is 16.9 Å². The quantitative estimate of drug-likeness (QED) is 0.543. The van der Waals surface area contributed by atoms with Gasteiger partial charge in [0.05, 0.1) is 11.8 Å². The van der Waals surface area contributed by atoms with Crippen molar-refractivity contribution in [2.24, 2.45) is 5.10 Å². The van der Waals surface area contributed by atoms with Crippen molar-refractivity contribution in [3.05, 3.63) is 59.9 Å². The Kier molecular flexibility index (Phi) is 5.20. The Balaban J connectivity index is 1.62. The summed E-state index contributed by atoms with van der Waals surface area (Å²) in [4.78, 5) is 16.7. The first kappa shape index (κ1) is 18.2. The first-order chi connectivity index (χ1) is 12.9. The molecule has 2 heterocycles. The van der Waals surface area contributed by atoms with Gasteiger partial charge in [0.25, 0.3) is 5.91 Å². The predicted molar refractivity (Wildman–Crippen MR) is 88.2 cm³/mol. The average Bonchev–Trinajstić information content (AvgIpc) is 3.10. The lowest BCUT2D eigenvalue weighted by Crippen LogP contribution is -2.24. The molecule has 0 unspecified atom stereocenters. The molecule has 2 aromatic heterocycles. The van der Waals surface area contributed by atoms with Crippen molar-refractivity contribution in [1.82, 2.24) is 30.6 Å². The van der Waals surface area contributed by atoms with E-state index in [9.17, 15) is 18.0 Å². The molecular weight excluding hydrogens is 363 g/mol. The fraction of sp³-hybridized carbons (Fsp3) is 0.125. The van der Waals surface area contributed by atoms with E-state index in [-0.39, 0.29) is 17.9 Å². The summed E-state index contributed by atoms with van der Waals surface area (Å²) in [5, 5.41) is 15.0. The van der Waals surface area contributed by atoms with Crippen LogP contribution in [0, 0.1) is 0 Å². The Hall–Kier alpha value is -3.63. The lowest BCUT2D eigenvalue weighted by atomic mass is 10.1. The molecule has 3 aromatic rings. The van der Waals surface area contributed by atoms with Crippen LogP contribution in [-0.2, 0) is 17.5 Å². The highest BCUT2D eigenvalue weighted by Gasteiger charge is 2.30. The van der Waals surface area contributed by atoms with E-state index in [1.807, 2.05) is 0 Å². The maximum absolute atomic E-state index is 12.8. The fourth-order valence-electron chi connectivity index (χ4n) is 2.06. The van der Waals surface area contributed by atoms with Gasteiger partial charge < -0.3 is 0 Å². The van der Waals surface area contributed by atoms with Crippen molar-refractivity contribution in [3.8, 4) is 11.4 Å². The lowest BCUT2D eigenvalue weighted by molar-refractivity contribution is -0.137. The molecule has 0 aliphatic carbocycles. The van der Waals surface area contributed by atoms with Gasteiger partial charge in [-0.25, -0.2) is 5.43 Å². The molecular formula is C16H12F3N7O. The Bertz CT molecular complexity index is 954. The number of amides is 1. The second-order valence-electron chi connectivity index (χ2n) is 5.30. The third-order valence-corrected chi connectivity index (χ3v) is 3.27. The zero-order valence-corrected chi connectivity index (χ0v) is 13.6. The smallest absolute Gasteiger partial charge is 0.271 e. The Morgan fingerprint density at radius 2 is 2.11 bits per heavy atom. The van der Waals surface area contributed by atoms with E-state index in [4.69, 9.17) is 0 Å². The maximum atomic E-state index is 12.8. The van der Waals surface area contributed by atoms with Gasteiger partial charge in [-0.2, -0.15) is 23.1 Å². The van der Waals surface area contributed by atoms with Crippen LogP contribution >= 0.6 is 0 Å². The van der Waals surface area contributed by atoms with Crippen LogP contribution in [0.3, 0.4) is 0 Å². The summed E-state index contributed by atoms with van der Waals surface area (Å²) in [6.45, 7) is -0.295. The number of alkyl halides is 3. The van der Waals surface area contributed by atoms with Crippen LogP contribution in [0.4, 0.5) is 13.2 Å². The molecule has 0 spiro atoms. The zero-order valence-electron chi connectivity index (χ0n) is 13.6. The number of tetrazole rings is 1. The van der Waals surface area contributed by atoms with Gasteiger partial charge in [-0.05, 0) is 23.4 Å². The van der Waals surface area contributed by atoms with Crippen LogP contribution in [-0.4, -0.2) is 37.3 Å². The van der Waals surface area contributed by atoms with Crippen LogP contribution in [0.1, 0.15) is 11.1 Å². The van der Waals surface area contributed by atoms with Crippen LogP contribution in [0.5, 0.6) is 0 Å². The van der Waals surface area contributed by atoms with Gasteiger partial charge in [-0.1, -0.05) is 18.2 Å². The largest absolute Gasteiger partial charge is 0.416 e. The first-order valence-corrected chi connectivity index (χ1v) is 7.59. The Morgan fingerprint density at radius 3 is 2.85 bits per heavy atom. The fourth-order valence-corrected chi connectivity index (χ4v) is 2.06. The molecule has 0 fully saturated rings. The average molecular weight is 375 g/mol. The molecule has 27 heavy (non-hydrogen) atoms. The molecule has 138 valence electrons. The molecule has 8 nitrogen and oxygen atoms in total. The molecule has 3 rings (SSSR count). The van der Waals surface area contributed by atoms with Gasteiger partial charge in [0.15, 0.2) is 0 Å². The molecule has 1 aromatic carbocycles. The number of benzene rings is 1. The van der Waals surface area contributed by atoms with Crippen molar-refractivity contribution in [2.45, 2.75) is 12.7 Å². The number of hydrogen-bond donors (Lipinski definition) is 1. The van der Waals surface area contributed by atoms with Crippen LogP contribution in [0.15, 0.2) is 53.9 Å². The van der Waals surface area contributed by atoms with Gasteiger partial charge in [0.2, 0.25) is 5.82 Å². The van der Waals surface area contributed by atoms with Gasteiger partial charge in [0, 0.05) is 23.5 Å². The number of carbonyl (C=O) groups is 1. The maximum Gasteiger partial charge on any atom is 0.416 e. The van der Waals surface area contributed by atoms with Crippen LogP contribution in [0.2, 0.25) is 0 Å². The minimum Gasteiger partial charge on any atom is -0.271 e. The standard InChI is InChI=1S/C16H12F3N7O/c17-16(18,19)13-5-1-4-12(7-13)15-23-25-26(24-15)10-14(27)22-21-9-11-3-2-6-20-8-11/h1-9H,10H2,(H,22,27)/b21-9-. The molecule has 0 saturated heterocycles. The third kappa shape index (κ3) is 4.93. The minimum absolute atomic E-state index is 0.0206. The van der Waals surface area contributed by atoms with Crippen molar-refractivity contribution in [2.75, 3.05) is 0 Å². The van der Waals surface area contributed by atoms with E-state index < -0.39 is 17.6 Å². The summed E-state index contributed by atoms with van der Waals surface area (Å²) in [7, 11) is 0. The number of pyridine rings is 1. The van der Waals surface area contributed by atoms with Crippen LogP contribution in [0.25, 0.3) is 11.4 Å². The van der Waals surface area contributed by atoms with E-state index >= 15 is 0 Å². The molecule has 11 heteroatoms. The highest BCUT2D eigenvalue weighted by Crippen LogP contribution is 2.31. The summed E-state index contributed by atoms with van der Waals surface area (Å²) in [5.41, 5.74) is 2.30. The van der Waals surface area contributed by atoms with Crippen molar-refractivity contribution in [3.63, 3.8) is 0 Å². The lowest BCUT2D eigenvalue weighted by Gasteiger charge is -2.06. The molecule has 0 aliphatic heterocycles. The first-order valence-electron chi connectivity index (χ1n) is 7.59. The highest BCUT2D eigenvalue weighted by molar-refractivity contribution is 5.81. The predicted octanol–water partition coefficient (Wildman–Crippen LogP) is 1.90. The number of hydrazone groups is 1. The van der Waals surface area contributed by atoms with E-state index in [1.54, 1.807) is 24.5 Å². The SMILES string of the molecule is O=C(Cn1nnc(-c2cccc(C(F)(F)F)c2)n1)N/N=C\c1cccnc1. The number of rotatable bonds is 5. The van der Waals surface area contributed by atoms with Gasteiger partial charge in [-0.3, -0.25) is 9.78 Å². The van der Waals surface area contributed by atoms with E-state index in [2.05, 4.69) is 30.9 Å². The highest BCUT2D eigenvalue weighted by atomic mass is 19.4. The normalized spacial score (nSPS) is 11.7. The topological polar surface area (TPSA) is 98.0 Å². The molecule has 0 aliphatic rings. The van der Waals surface area contributed by atoms with Crippen molar-refractivity contribution < 1.29 is 18.0 Å². The number of nitrogens with zero attached hydrogens (tertiary/aromatic N) is 6. The summed E-state index contributed by atoms with van der Waals surface area (Å²) in [6, 6.07) is 8.01. The molecule has 0 atom stereocenters. The summed E-state index contributed by atoms with van der Waals surface area (Å²) < 4.78 is 38.3. The Labute approximate surface area is 150 Å². The second-order valence-corrected chi connectivity index (χ2v) is 5.30. The van der Waals surface area contributed by atoms with Gasteiger partial charge >= 0.3 is 6.18 Å². The number of carbonyl (C=O) groups excluding carboxylic acids is 1. The summed E-state index contributed by atoms with van der Waals surface area (Å²) in [5.74, 6) is -0.545. The van der Waals surface area contributed by atoms with Crippen molar-refractivity contribution >= 4 is 12.1 Å². The molecule has 0 saturated carbocycles.